The SMILES string of the molecule is C.C.C.C.C.C.C.C.CCCCCCCCC[n+]1cc(C(C)(C)C)n(C)c1.CCCCCCCCCn1c(C)c(C)[n+](C)c1C.CCCCCCCCCn1cc[n+](C)c1.CCCCCCCCCn1cc[n+](C)c1C(C)C.CCCCCCC[n+]1cc(C(C)(C)C)n(C)c1.CCCCCCCn1c(C)c(C)[n+](C)c1C.CCCCCCCn1cc[n+](C)c1.CCCCCCCn1cc[n+](C)c1C(C)C. The van der Waals surface area contributed by atoms with E-state index in [-0.39, 0.29) is 70.2 Å². The summed E-state index contributed by atoms with van der Waals surface area (Å²) in [4.78, 5) is 0. The van der Waals surface area contributed by atoms with Crippen molar-refractivity contribution in [2.75, 3.05) is 0 Å². The minimum Gasteiger partial charge on any atom is -0.240 e. The van der Waals surface area contributed by atoms with Gasteiger partial charge in [0.1, 0.15) is 96.1 Å². The van der Waals surface area contributed by atoms with Crippen LogP contribution in [0.25, 0.3) is 0 Å². The zero-order chi connectivity index (χ0) is 98.7. The summed E-state index contributed by atoms with van der Waals surface area (Å²) in [5, 5.41) is 0. The molecule has 0 fully saturated rings. The van der Waals surface area contributed by atoms with Gasteiger partial charge in [-0.1, -0.05) is 390 Å². The maximum absolute atomic E-state index is 2.47. The molecule has 824 valence electrons. The molecule has 8 aromatic rings. The quantitative estimate of drug-likeness (QED) is 0.0269. The molecule has 0 radical (unpaired) electrons. The number of unbranched alkanes of at least 4 members (excludes halogenated alkanes) is 40. The Labute approximate surface area is 877 Å². The average Bonchev–Trinajstić information content (AvgIpc) is 1.67. The van der Waals surface area contributed by atoms with Crippen molar-refractivity contribution in [2.45, 2.75) is 609 Å². The van der Waals surface area contributed by atoms with Crippen LogP contribution < -0.4 is 36.5 Å². The largest absolute Gasteiger partial charge is 0.258 e. The highest BCUT2D eigenvalue weighted by Gasteiger charge is 2.27. The molecular formula is C124H256N16+8. The van der Waals surface area contributed by atoms with Crippen LogP contribution in [0.4, 0.5) is 0 Å². The second-order valence-corrected chi connectivity index (χ2v) is 42.3. The van der Waals surface area contributed by atoms with Crippen LogP contribution in [0, 0.1) is 41.5 Å². The van der Waals surface area contributed by atoms with Gasteiger partial charge in [0.05, 0.1) is 121 Å². The second kappa shape index (κ2) is 90.2. The third-order valence-corrected chi connectivity index (χ3v) is 27.1. The maximum Gasteiger partial charge on any atom is 0.258 e. The molecule has 0 N–H and O–H groups in total. The van der Waals surface area contributed by atoms with E-state index in [9.17, 15) is 0 Å². The number of aryl methyl sites for hydroxylation is 12. The van der Waals surface area contributed by atoms with Crippen LogP contribution in [0.5, 0.6) is 0 Å². The van der Waals surface area contributed by atoms with Gasteiger partial charge in [-0.15, -0.1) is 0 Å². The van der Waals surface area contributed by atoms with Gasteiger partial charge in [0.2, 0.25) is 25.3 Å². The van der Waals surface area contributed by atoms with E-state index in [1.165, 1.54) is 405 Å². The van der Waals surface area contributed by atoms with Crippen LogP contribution in [-0.2, 0) is 120 Å². The van der Waals surface area contributed by atoms with Crippen LogP contribution in [0.1, 0.15) is 562 Å². The molecule has 0 atom stereocenters. The average molecular weight is 1970 g/mol. The Balaban J connectivity index is -0.000000236. The second-order valence-electron chi connectivity index (χ2n) is 42.3. The lowest BCUT2D eigenvalue weighted by Gasteiger charge is -2.13. The Kier molecular flexibility index (Phi) is 96.0. The number of hydrogen-bond acceptors (Lipinski definition) is 0. The summed E-state index contributed by atoms with van der Waals surface area (Å²) >= 11 is 0. The van der Waals surface area contributed by atoms with Crippen LogP contribution in [0.3, 0.4) is 0 Å². The lowest BCUT2D eigenvalue weighted by Crippen LogP contribution is -2.33. The normalized spacial score (nSPS) is 10.7. The van der Waals surface area contributed by atoms with Gasteiger partial charge in [0.15, 0.2) is 0 Å². The lowest BCUT2D eigenvalue weighted by molar-refractivity contribution is -0.697. The Hall–Kier alpha value is -6.32. The summed E-state index contributed by atoms with van der Waals surface area (Å²) in [5.74, 6) is 6.86. The van der Waals surface area contributed by atoms with Gasteiger partial charge >= 0.3 is 0 Å². The number of imidazole rings is 8. The third kappa shape index (κ3) is 65.2. The molecular weight excluding hydrogens is 1710 g/mol. The molecule has 16 nitrogen and oxygen atoms in total. The molecule has 0 aliphatic heterocycles. The molecule has 0 bridgehead atoms. The van der Waals surface area contributed by atoms with Gasteiger partial charge in [0, 0.05) is 52.4 Å². The smallest absolute Gasteiger partial charge is 0.240 e. The molecule has 8 heterocycles. The molecule has 0 aromatic carbocycles. The highest BCUT2D eigenvalue weighted by atomic mass is 15.2. The van der Waals surface area contributed by atoms with Crippen molar-refractivity contribution < 1.29 is 36.5 Å². The summed E-state index contributed by atoms with van der Waals surface area (Å²) in [6, 6.07) is 0. The Bertz CT molecular complexity index is 3980. The third-order valence-electron chi connectivity index (χ3n) is 27.1. The van der Waals surface area contributed by atoms with Gasteiger partial charge in [-0.3, -0.25) is 0 Å². The molecule has 0 saturated carbocycles. The minimum atomic E-state index is 0. The van der Waals surface area contributed by atoms with Crippen molar-refractivity contribution in [3.8, 4) is 0 Å². The zero-order valence-electron chi connectivity index (χ0n) is 94.0. The number of hydrogen-bond donors (Lipinski definition) is 0. The van der Waals surface area contributed by atoms with Crippen molar-refractivity contribution in [3.05, 3.63) is 145 Å². The van der Waals surface area contributed by atoms with E-state index in [1.807, 2.05) is 0 Å². The molecule has 0 unspecified atom stereocenters. The fourth-order valence-corrected chi connectivity index (χ4v) is 18.4. The Morgan fingerprint density at radius 1 is 0.271 bits per heavy atom. The lowest BCUT2D eigenvalue weighted by atomic mass is 9.93. The van der Waals surface area contributed by atoms with Crippen molar-refractivity contribution in [1.82, 2.24) is 36.5 Å². The van der Waals surface area contributed by atoms with Crippen LogP contribution in [0.15, 0.2) is 87.3 Å². The highest BCUT2D eigenvalue weighted by molar-refractivity contribution is 5.09. The summed E-state index contributed by atoms with van der Waals surface area (Å²) in [7, 11) is 17.1. The fraction of sp³-hybridized carbons (Fsp3) is 0.806. The zero-order valence-corrected chi connectivity index (χ0v) is 94.0. The monoisotopic (exact) mass is 1970 g/mol. The van der Waals surface area contributed by atoms with Gasteiger partial charge in [-0.25, -0.2) is 73.1 Å². The molecule has 0 amide bonds. The van der Waals surface area contributed by atoms with E-state index in [2.05, 4.69) is 383 Å². The van der Waals surface area contributed by atoms with E-state index in [0.717, 1.165) is 13.1 Å². The first-order chi connectivity index (χ1) is 63.1. The van der Waals surface area contributed by atoms with Crippen molar-refractivity contribution in [2.24, 2.45) is 56.4 Å². The summed E-state index contributed by atoms with van der Waals surface area (Å²) in [6.45, 7) is 63.6. The molecule has 0 aliphatic rings. The van der Waals surface area contributed by atoms with Gasteiger partial charge in [-0.2, -0.15) is 0 Å². The van der Waals surface area contributed by atoms with E-state index >= 15 is 0 Å². The Morgan fingerprint density at radius 2 is 0.493 bits per heavy atom. The number of nitrogens with zero attached hydrogens (tertiary/aromatic N) is 16. The van der Waals surface area contributed by atoms with Gasteiger partial charge in [-0.05, 0) is 103 Å². The molecule has 8 aromatic heterocycles. The van der Waals surface area contributed by atoms with Crippen LogP contribution >= 0.6 is 0 Å². The first-order valence-corrected chi connectivity index (χ1v) is 55.3. The standard InChI is InChI=1S/C17H33N2.2C16H31N2.C15H29N2.2C14H27N2.C13H25N2.C11H21N2.8CH4/c1-6-7-8-9-10-11-12-13-19-14-16(17(2,3)4)18(5)15-19;1-6-7-8-9-10-11-12-13-18-15(3)14(2)17(5)16(18)4;1-5-6-7-8-9-10-11-12-18-14-13-17(4)16(18)15(2)3;1-6-7-8-9-10-11-17-12-14(15(2,3)4)16(5)13-17;1-6-7-8-9-10-11-16-13(3)12(2)15(5)14(16)4;1-5-6-7-8-9-10-16-12-11-15(4)14(16)13(2)3;1-3-4-5-6-7-8-9-10-15-12-11-14(2)13-15;1-3-4-5-6-7-8-13-10-9-12(2)11-13;;;;;;;;/h14-15H,6-13H2,1-5H3;6-13H2,1-5H3;13-15H,5-12H2,1-4H3;12-13H,6-11H2,1-5H3;6-11H2,1-5H3;11-13H,5-10H2,1-4H3;11-13H,3-10H2,1-2H3;9-11H,3-8H2,1-2H3;8*1H4/q8*+1;;;;;;;;. The van der Waals surface area contributed by atoms with Crippen LogP contribution in [0.2, 0.25) is 0 Å². The van der Waals surface area contributed by atoms with E-state index in [0.29, 0.717) is 11.8 Å². The molecule has 0 saturated heterocycles. The summed E-state index contributed by atoms with van der Waals surface area (Å²) < 4.78 is 36.8. The topological polar surface area (TPSA) is 70.5 Å². The highest BCUT2D eigenvalue weighted by Crippen LogP contribution is 2.24. The molecule has 140 heavy (non-hydrogen) atoms. The van der Waals surface area contributed by atoms with E-state index in [1.54, 1.807) is 0 Å². The van der Waals surface area contributed by atoms with Gasteiger partial charge in [0.25, 0.3) is 23.3 Å². The molecule has 16 heteroatoms. The summed E-state index contributed by atoms with van der Waals surface area (Å²) in [5.41, 5.74) is 8.95. The molecule has 0 spiro atoms. The number of rotatable bonds is 58. The van der Waals surface area contributed by atoms with Crippen molar-refractivity contribution in [3.63, 3.8) is 0 Å². The van der Waals surface area contributed by atoms with Crippen LogP contribution in [-0.4, -0.2) is 36.5 Å². The predicted molar refractivity (Wildman–Crippen MR) is 620 cm³/mol. The maximum atomic E-state index is 2.47. The minimum absolute atomic E-state index is 0. The summed E-state index contributed by atoms with van der Waals surface area (Å²) in [6.07, 6.45) is 96.6. The van der Waals surface area contributed by atoms with Gasteiger partial charge < -0.3 is 0 Å². The fourth-order valence-electron chi connectivity index (χ4n) is 18.4. The first kappa shape index (κ1) is 149. The number of aromatic nitrogens is 16. The van der Waals surface area contributed by atoms with E-state index in [4.69, 9.17) is 0 Å². The molecule has 0 aliphatic carbocycles. The first-order valence-electron chi connectivity index (χ1n) is 55.3. The van der Waals surface area contributed by atoms with Crippen molar-refractivity contribution in [1.29, 1.82) is 0 Å². The Morgan fingerprint density at radius 3 is 0.693 bits per heavy atom. The molecule has 8 rings (SSSR count). The van der Waals surface area contributed by atoms with Crippen molar-refractivity contribution >= 4 is 0 Å². The predicted octanol–water partition coefficient (Wildman–Crippen LogP) is 33.2. The van der Waals surface area contributed by atoms with E-state index < -0.39 is 0 Å².